The van der Waals surface area contributed by atoms with E-state index in [9.17, 15) is 19.2 Å². The fourth-order valence-corrected chi connectivity index (χ4v) is 9.95. The molecule has 1 amide bonds. The molecule has 0 bridgehead atoms. The zero-order valence-corrected chi connectivity index (χ0v) is 40.3. The highest BCUT2D eigenvalue weighted by atomic mass is 35.5. The van der Waals surface area contributed by atoms with Gasteiger partial charge in [-0.15, -0.1) is 0 Å². The molecule has 5 rings (SSSR count). The number of esters is 2. The molecule has 0 aromatic carbocycles. The molecular weight excluding hydrogens is 850 g/mol. The summed E-state index contributed by atoms with van der Waals surface area (Å²) in [4.78, 5) is 69.7. The standard InChI is InChI=1S/C45H68ClN7O11/c1-14-34-45(9)37(53(42(57)64-45)49-19-16-20-52-24-32(48-25-52)31-17-15-18-47-23-31)28(4)35(50-59-13)26(2)22-43(7,58-12)39(29(5)38(55)44(8,46)41(56)62-34)63-40-36(61-30(6)54)33(51(10)11)21-27(3)60-40/h15,17-18,23-29,33-34,36-37,39-40,49H,14,16,19-22H2,1-13H3/b50-35-/t26-,27-,28+,29+,33+,34-,36-,37-,39-,40+,43-,44+,45-/m1/s1. The van der Waals surface area contributed by atoms with Gasteiger partial charge in [-0.05, 0) is 79.6 Å². The number of alkyl halides is 1. The van der Waals surface area contributed by atoms with Crippen LogP contribution in [0.15, 0.2) is 42.2 Å². The Bertz CT molecular complexity index is 1970. The average molecular weight is 919 g/mol. The topological polar surface area (TPSA) is 194 Å². The molecule has 356 valence electrons. The number of hydrogen-bond acceptors (Lipinski definition) is 16. The van der Waals surface area contributed by atoms with E-state index in [0.29, 0.717) is 31.6 Å². The molecule has 3 aliphatic rings. The Labute approximate surface area is 381 Å². The Morgan fingerprint density at radius 1 is 1.11 bits per heavy atom. The first kappa shape index (κ1) is 50.8. The summed E-state index contributed by atoms with van der Waals surface area (Å²) in [6.45, 7) is 16.2. The lowest BCUT2D eigenvalue weighted by atomic mass is 9.73. The number of rotatable bonds is 13. The van der Waals surface area contributed by atoms with Crippen LogP contribution in [0.5, 0.6) is 0 Å². The largest absolute Gasteiger partial charge is 0.456 e. The Kier molecular flexibility index (Phi) is 16.6. The van der Waals surface area contributed by atoms with Gasteiger partial charge in [0.25, 0.3) is 0 Å². The van der Waals surface area contributed by atoms with Gasteiger partial charge in [0.2, 0.25) is 0 Å². The number of halogens is 1. The summed E-state index contributed by atoms with van der Waals surface area (Å²) < 4.78 is 39.8. The maximum atomic E-state index is 14.8. The third-order valence-corrected chi connectivity index (χ3v) is 13.4. The third-order valence-electron chi connectivity index (χ3n) is 13.1. The molecule has 3 aliphatic heterocycles. The van der Waals surface area contributed by atoms with Crippen LogP contribution in [0.4, 0.5) is 4.79 Å². The zero-order valence-electron chi connectivity index (χ0n) is 39.5. The number of amides is 1. The highest BCUT2D eigenvalue weighted by molar-refractivity contribution is 6.45. The van der Waals surface area contributed by atoms with Crippen molar-refractivity contribution in [3.05, 3.63) is 37.1 Å². The fourth-order valence-electron chi connectivity index (χ4n) is 9.73. The minimum absolute atomic E-state index is 0.189. The van der Waals surface area contributed by atoms with Gasteiger partial charge in [0.15, 0.2) is 28.7 Å². The van der Waals surface area contributed by atoms with E-state index in [1.54, 1.807) is 46.4 Å². The number of fused-ring (bicyclic) bond motifs is 1. The Balaban J connectivity index is 1.53. The number of Topliss-reactive ketones (excluding diaryl/α,β-unsaturated/α-hetero) is 1. The van der Waals surface area contributed by atoms with Crippen molar-refractivity contribution in [2.75, 3.05) is 34.9 Å². The molecule has 2 aromatic rings. The van der Waals surface area contributed by atoms with Gasteiger partial charge in [-0.25, -0.2) is 25.0 Å². The van der Waals surface area contributed by atoms with E-state index in [2.05, 4.69) is 20.5 Å². The monoisotopic (exact) mass is 917 g/mol. The van der Waals surface area contributed by atoms with Crippen molar-refractivity contribution in [3.63, 3.8) is 0 Å². The van der Waals surface area contributed by atoms with Crippen molar-refractivity contribution in [1.29, 1.82) is 0 Å². The first-order chi connectivity index (χ1) is 30.1. The van der Waals surface area contributed by atoms with Gasteiger partial charge in [-0.1, -0.05) is 44.5 Å². The van der Waals surface area contributed by atoms with E-state index < -0.39 is 88.3 Å². The summed E-state index contributed by atoms with van der Waals surface area (Å²) in [5, 5.41) is 6.02. The Morgan fingerprint density at radius 3 is 2.44 bits per heavy atom. The van der Waals surface area contributed by atoms with Crippen LogP contribution in [0.3, 0.4) is 0 Å². The van der Waals surface area contributed by atoms with Gasteiger partial charge in [-0.2, -0.15) is 0 Å². The molecular formula is C45H68ClN7O11. The van der Waals surface area contributed by atoms with Crippen LogP contribution in [0, 0.1) is 17.8 Å². The lowest BCUT2D eigenvalue weighted by molar-refractivity contribution is -0.297. The van der Waals surface area contributed by atoms with Crippen LogP contribution in [-0.4, -0.2) is 148 Å². The normalized spacial score (nSPS) is 36.0. The number of imidazole rings is 1. The summed E-state index contributed by atoms with van der Waals surface area (Å²) in [7, 11) is 6.70. The predicted octanol–water partition coefficient (Wildman–Crippen LogP) is 5.41. The number of oxime groups is 1. The van der Waals surface area contributed by atoms with Crippen LogP contribution in [0.2, 0.25) is 0 Å². The van der Waals surface area contributed by atoms with Crippen molar-refractivity contribution < 1.29 is 52.4 Å². The lowest BCUT2D eigenvalue weighted by Gasteiger charge is -2.48. The Hall–Kier alpha value is -4.20. The van der Waals surface area contributed by atoms with E-state index in [4.69, 9.17) is 44.9 Å². The molecule has 0 unspecified atom stereocenters. The van der Waals surface area contributed by atoms with Crippen LogP contribution in [0.25, 0.3) is 11.3 Å². The first-order valence-electron chi connectivity index (χ1n) is 22.1. The molecule has 3 fully saturated rings. The fraction of sp³-hybridized carbons (Fsp3) is 0.711. The van der Waals surface area contributed by atoms with Crippen molar-refractivity contribution in [3.8, 4) is 11.3 Å². The van der Waals surface area contributed by atoms with Gasteiger partial charge < -0.3 is 42.7 Å². The molecule has 0 saturated carbocycles. The van der Waals surface area contributed by atoms with Gasteiger partial charge in [0, 0.05) is 69.0 Å². The molecule has 3 saturated heterocycles. The number of ketones is 1. The number of aromatic nitrogens is 3. The molecule has 5 heterocycles. The Morgan fingerprint density at radius 2 is 1.83 bits per heavy atom. The van der Waals surface area contributed by atoms with E-state index >= 15 is 0 Å². The zero-order chi connectivity index (χ0) is 47.3. The highest BCUT2D eigenvalue weighted by Crippen LogP contribution is 2.44. The van der Waals surface area contributed by atoms with E-state index in [1.807, 2.05) is 62.7 Å². The average Bonchev–Trinajstić information content (AvgIpc) is 3.83. The SMILES string of the molecule is CC[C@H]1OC(=O)[C@@](C)(Cl)C(=O)[C@H](C)[C@@H](O[C@@H]2O[C@H](C)C[C@H](N(C)C)[C@H]2OC(C)=O)[C@](C)(OC)C[C@@H](C)/C(=N/OC)[C@H](C)[C@H]2N(NCCCn3cnc(-c4cccnc4)c3)C(=O)O[C@]12C. The number of pyridine rings is 1. The second kappa shape index (κ2) is 21.0. The van der Waals surface area contributed by atoms with E-state index in [0.717, 1.165) is 11.3 Å². The summed E-state index contributed by atoms with van der Waals surface area (Å²) in [6.07, 6.45) is 3.43. The number of ether oxygens (including phenoxy) is 6. The van der Waals surface area contributed by atoms with E-state index in [1.165, 1.54) is 33.1 Å². The molecule has 0 spiro atoms. The minimum Gasteiger partial charge on any atom is -0.456 e. The summed E-state index contributed by atoms with van der Waals surface area (Å²) in [5.41, 5.74) is 2.74. The van der Waals surface area contributed by atoms with Crippen molar-refractivity contribution in [2.24, 2.45) is 22.9 Å². The number of hydrogen-bond donors (Lipinski definition) is 1. The number of aryl methyl sites for hydroxylation is 1. The second-order valence-corrected chi connectivity index (χ2v) is 18.9. The van der Waals surface area contributed by atoms with Crippen LogP contribution < -0.4 is 5.43 Å². The maximum Gasteiger partial charge on any atom is 0.425 e. The van der Waals surface area contributed by atoms with Gasteiger partial charge in [-0.3, -0.25) is 14.6 Å². The molecule has 0 aliphatic carbocycles. The summed E-state index contributed by atoms with van der Waals surface area (Å²) in [5.74, 6) is -4.43. The number of hydrazine groups is 1. The maximum absolute atomic E-state index is 14.8. The van der Waals surface area contributed by atoms with Crippen molar-refractivity contribution >= 4 is 41.1 Å². The molecule has 18 nitrogen and oxygen atoms in total. The quantitative estimate of drug-likeness (QED) is 0.0669. The van der Waals surface area contributed by atoms with Gasteiger partial charge >= 0.3 is 18.0 Å². The summed E-state index contributed by atoms with van der Waals surface area (Å²) in [6, 6.07) is 2.67. The van der Waals surface area contributed by atoms with Crippen molar-refractivity contribution in [1.82, 2.24) is 29.9 Å². The second-order valence-electron chi connectivity index (χ2n) is 18.1. The highest BCUT2D eigenvalue weighted by Gasteiger charge is 2.61. The number of carbonyl (C=O) groups excluding carboxylic acids is 4. The molecule has 0 radical (unpaired) electrons. The molecule has 64 heavy (non-hydrogen) atoms. The number of methoxy groups -OCH3 is 1. The first-order valence-corrected chi connectivity index (χ1v) is 22.4. The smallest absolute Gasteiger partial charge is 0.425 e. The minimum atomic E-state index is -2.23. The summed E-state index contributed by atoms with van der Waals surface area (Å²) >= 11 is 7.03. The number of nitrogens with one attached hydrogen (secondary N) is 1. The molecule has 19 heteroatoms. The van der Waals surface area contributed by atoms with Crippen LogP contribution in [0.1, 0.15) is 88.0 Å². The van der Waals surface area contributed by atoms with Crippen LogP contribution in [-0.2, 0) is 54.2 Å². The van der Waals surface area contributed by atoms with Gasteiger partial charge in [0.05, 0.1) is 41.6 Å². The van der Waals surface area contributed by atoms with E-state index in [-0.39, 0.29) is 25.0 Å². The number of carbonyl (C=O) groups is 4. The predicted molar refractivity (Wildman–Crippen MR) is 237 cm³/mol. The molecule has 1 N–H and O–H groups in total. The molecule has 13 atom stereocenters. The van der Waals surface area contributed by atoms with Crippen molar-refractivity contribution in [2.45, 2.75) is 153 Å². The third kappa shape index (κ3) is 10.7. The molecule has 2 aromatic heterocycles. The number of likely N-dealkylation sites (N-methyl/N-ethyl adjacent to an activating group) is 1. The van der Waals surface area contributed by atoms with Crippen LogP contribution >= 0.6 is 11.6 Å². The van der Waals surface area contributed by atoms with Gasteiger partial charge in [0.1, 0.15) is 19.3 Å². The number of nitrogens with zero attached hydrogens (tertiary/aromatic N) is 6. The lowest BCUT2D eigenvalue weighted by Crippen LogP contribution is -2.62. The number of cyclic esters (lactones) is 1.